The molecule has 0 fully saturated rings. The van der Waals surface area contributed by atoms with Crippen LogP contribution in [-0.2, 0) is 4.79 Å². The zero-order valence-electron chi connectivity index (χ0n) is 9.70. The summed E-state index contributed by atoms with van der Waals surface area (Å²) >= 11 is 1.59. The molecule has 1 aliphatic rings. The van der Waals surface area contributed by atoms with Gasteiger partial charge in [0.15, 0.2) is 0 Å². The van der Waals surface area contributed by atoms with E-state index in [-0.39, 0.29) is 5.92 Å². The number of aliphatic carboxylic acids is 1. The maximum Gasteiger partial charge on any atom is 0.0979 e. The Bertz CT molecular complexity index is 584. The zero-order chi connectivity index (χ0) is 12.5. The molecule has 0 unspecified atom stereocenters. The normalized spacial score (nSPS) is 23.3. The highest BCUT2D eigenvalue weighted by Gasteiger charge is 2.27. The first-order chi connectivity index (χ1) is 8.75. The highest BCUT2D eigenvalue weighted by atomic mass is 32.1. The number of carbonyl (C=O) groups excluding carboxylic acids is 1. The molecule has 0 amide bonds. The first kappa shape index (κ1) is 11.4. The third-order valence-corrected chi connectivity index (χ3v) is 4.53. The van der Waals surface area contributed by atoms with E-state index in [1.54, 1.807) is 11.3 Å². The van der Waals surface area contributed by atoms with E-state index in [0.717, 1.165) is 21.6 Å². The lowest BCUT2D eigenvalue weighted by molar-refractivity contribution is -0.312. The molecule has 1 aromatic carbocycles. The van der Waals surface area contributed by atoms with Gasteiger partial charge in [0.2, 0.25) is 0 Å². The molecule has 2 aromatic rings. The summed E-state index contributed by atoms with van der Waals surface area (Å²) in [7, 11) is 0. The fourth-order valence-corrected chi connectivity index (χ4v) is 3.54. The Morgan fingerprint density at radius 2 is 2.06 bits per heavy atom. The number of allylic oxidation sites excluding steroid dienone is 2. The van der Waals surface area contributed by atoms with Crippen LogP contribution in [0.25, 0.3) is 10.2 Å². The van der Waals surface area contributed by atoms with E-state index in [1.807, 2.05) is 36.4 Å². The van der Waals surface area contributed by atoms with Crippen LogP contribution in [0.1, 0.15) is 23.8 Å². The molecule has 2 atom stereocenters. The second-order valence-corrected chi connectivity index (χ2v) is 5.56. The second-order valence-electron chi connectivity index (χ2n) is 4.49. The van der Waals surface area contributed by atoms with E-state index in [4.69, 9.17) is 0 Å². The van der Waals surface area contributed by atoms with Crippen molar-refractivity contribution >= 4 is 27.5 Å². The monoisotopic (exact) mass is 258 g/mol. The SMILES string of the molecule is O=C([O-])[C@@H]1CC=CC[C@@H]1c1nc2ccccc2s1. The maximum atomic E-state index is 11.2. The molecule has 1 aliphatic carbocycles. The molecule has 0 spiro atoms. The van der Waals surface area contributed by atoms with Crippen LogP contribution in [0.5, 0.6) is 0 Å². The molecule has 0 N–H and O–H groups in total. The van der Waals surface area contributed by atoms with Crippen molar-refractivity contribution in [2.24, 2.45) is 5.92 Å². The number of nitrogens with zero attached hydrogens (tertiary/aromatic N) is 1. The molecular weight excluding hydrogens is 246 g/mol. The van der Waals surface area contributed by atoms with Crippen molar-refractivity contribution < 1.29 is 9.90 Å². The van der Waals surface area contributed by atoms with Gasteiger partial charge >= 0.3 is 0 Å². The molecule has 3 nitrogen and oxygen atoms in total. The summed E-state index contributed by atoms with van der Waals surface area (Å²) in [6.45, 7) is 0. The largest absolute Gasteiger partial charge is 0.550 e. The van der Waals surface area contributed by atoms with E-state index in [0.29, 0.717) is 6.42 Å². The number of hydrogen-bond donors (Lipinski definition) is 0. The molecule has 0 aliphatic heterocycles. The Morgan fingerprint density at radius 3 is 2.83 bits per heavy atom. The van der Waals surface area contributed by atoms with Gasteiger partial charge in [0.1, 0.15) is 0 Å². The molecule has 18 heavy (non-hydrogen) atoms. The van der Waals surface area contributed by atoms with E-state index in [9.17, 15) is 9.90 Å². The second kappa shape index (κ2) is 4.53. The number of fused-ring (bicyclic) bond motifs is 1. The van der Waals surface area contributed by atoms with Gasteiger partial charge in [-0.05, 0) is 25.0 Å². The molecule has 0 radical (unpaired) electrons. The number of thiazole rings is 1. The molecule has 0 saturated heterocycles. The highest BCUT2D eigenvalue weighted by Crippen LogP contribution is 2.38. The van der Waals surface area contributed by atoms with Crippen molar-refractivity contribution in [2.45, 2.75) is 18.8 Å². The maximum absolute atomic E-state index is 11.2. The van der Waals surface area contributed by atoms with Crippen LogP contribution < -0.4 is 5.11 Å². The van der Waals surface area contributed by atoms with Crippen LogP contribution in [0.4, 0.5) is 0 Å². The smallest absolute Gasteiger partial charge is 0.0979 e. The number of carboxylic acids is 1. The predicted molar refractivity (Wildman–Crippen MR) is 69.2 cm³/mol. The lowest BCUT2D eigenvalue weighted by atomic mass is 9.83. The van der Waals surface area contributed by atoms with Gasteiger partial charge in [-0.1, -0.05) is 24.3 Å². The average Bonchev–Trinajstić information content (AvgIpc) is 2.82. The van der Waals surface area contributed by atoms with Crippen LogP contribution in [0.2, 0.25) is 0 Å². The van der Waals surface area contributed by atoms with Crippen LogP contribution >= 0.6 is 11.3 Å². The average molecular weight is 258 g/mol. The summed E-state index contributed by atoms with van der Waals surface area (Å²) in [6.07, 6.45) is 5.24. The number of rotatable bonds is 2. The minimum absolute atomic E-state index is 0.0441. The molecule has 0 saturated carbocycles. The number of aromatic nitrogens is 1. The van der Waals surface area contributed by atoms with Crippen molar-refractivity contribution in [3.63, 3.8) is 0 Å². The lowest BCUT2D eigenvalue weighted by Gasteiger charge is -2.27. The van der Waals surface area contributed by atoms with Gasteiger partial charge in [-0.3, -0.25) is 0 Å². The Balaban J connectivity index is 2.02. The predicted octanol–water partition coefficient (Wildman–Crippen LogP) is 2.10. The molecule has 4 heteroatoms. The van der Waals surface area contributed by atoms with Gasteiger partial charge in [-0.25, -0.2) is 4.98 Å². The standard InChI is InChI=1S/C14H13NO2S/c16-14(17)10-6-2-1-5-9(10)13-15-11-7-3-4-8-12(11)18-13/h1-4,7-10H,5-6H2,(H,16,17)/p-1/t9-,10+/m0/s1. The number of para-hydroxylation sites is 1. The third-order valence-electron chi connectivity index (χ3n) is 3.36. The minimum Gasteiger partial charge on any atom is -0.550 e. The summed E-state index contributed by atoms with van der Waals surface area (Å²) in [6, 6.07) is 7.90. The minimum atomic E-state index is -0.969. The topological polar surface area (TPSA) is 53.0 Å². The van der Waals surface area contributed by atoms with Crippen molar-refractivity contribution in [2.75, 3.05) is 0 Å². The Kier molecular flexibility index (Phi) is 2.88. The Labute approximate surface area is 109 Å². The van der Waals surface area contributed by atoms with E-state index in [1.165, 1.54) is 0 Å². The fourth-order valence-electron chi connectivity index (χ4n) is 2.40. The molecule has 1 heterocycles. The number of carbonyl (C=O) groups is 1. The summed E-state index contributed by atoms with van der Waals surface area (Å²) in [5.74, 6) is -1.46. The summed E-state index contributed by atoms with van der Waals surface area (Å²) < 4.78 is 1.11. The third kappa shape index (κ3) is 1.93. The summed E-state index contributed by atoms with van der Waals surface area (Å²) in [4.78, 5) is 15.7. The number of hydrogen-bond acceptors (Lipinski definition) is 4. The summed E-state index contributed by atoms with van der Waals surface area (Å²) in [5.41, 5.74) is 0.948. The van der Waals surface area contributed by atoms with Crippen molar-refractivity contribution in [3.8, 4) is 0 Å². The van der Waals surface area contributed by atoms with E-state index < -0.39 is 11.9 Å². The van der Waals surface area contributed by atoms with Crippen LogP contribution in [0.15, 0.2) is 36.4 Å². The zero-order valence-corrected chi connectivity index (χ0v) is 10.5. The first-order valence-electron chi connectivity index (χ1n) is 5.97. The molecule has 1 aromatic heterocycles. The van der Waals surface area contributed by atoms with Crippen LogP contribution in [-0.4, -0.2) is 11.0 Å². The summed E-state index contributed by atoms with van der Waals surface area (Å²) in [5, 5.41) is 12.1. The number of benzene rings is 1. The molecular formula is C14H12NO2S-. The lowest BCUT2D eigenvalue weighted by Crippen LogP contribution is -2.35. The quantitative estimate of drug-likeness (QED) is 0.775. The van der Waals surface area contributed by atoms with Crippen LogP contribution in [0.3, 0.4) is 0 Å². The van der Waals surface area contributed by atoms with Crippen LogP contribution in [0, 0.1) is 5.92 Å². The van der Waals surface area contributed by atoms with Crippen molar-refractivity contribution in [1.29, 1.82) is 0 Å². The highest BCUT2D eigenvalue weighted by molar-refractivity contribution is 7.18. The first-order valence-corrected chi connectivity index (χ1v) is 6.78. The van der Waals surface area contributed by atoms with Gasteiger partial charge in [0.25, 0.3) is 0 Å². The van der Waals surface area contributed by atoms with Crippen molar-refractivity contribution in [1.82, 2.24) is 4.98 Å². The Hall–Kier alpha value is -1.68. The molecule has 3 rings (SSSR count). The van der Waals surface area contributed by atoms with Gasteiger partial charge in [-0.2, -0.15) is 0 Å². The molecule has 92 valence electrons. The van der Waals surface area contributed by atoms with Gasteiger partial charge < -0.3 is 9.90 Å². The van der Waals surface area contributed by atoms with E-state index >= 15 is 0 Å². The van der Waals surface area contributed by atoms with Gasteiger partial charge in [0, 0.05) is 17.8 Å². The Morgan fingerprint density at radius 1 is 1.28 bits per heavy atom. The fraction of sp³-hybridized carbons (Fsp3) is 0.286. The van der Waals surface area contributed by atoms with Gasteiger partial charge in [0.05, 0.1) is 15.2 Å². The van der Waals surface area contributed by atoms with Gasteiger partial charge in [-0.15, -0.1) is 11.3 Å². The van der Waals surface area contributed by atoms with E-state index in [2.05, 4.69) is 4.98 Å². The van der Waals surface area contributed by atoms with Crippen molar-refractivity contribution in [3.05, 3.63) is 41.4 Å². The number of carboxylic acid groups (broad SMARTS) is 1. The molecule has 0 bridgehead atoms.